The number of carbonyl (C=O) groups is 3. The van der Waals surface area contributed by atoms with Crippen LogP contribution in [0.15, 0.2) is 66.7 Å². The number of imide groups is 1. The minimum atomic E-state index is -1.40. The van der Waals surface area contributed by atoms with E-state index in [0.29, 0.717) is 22.6 Å². The first kappa shape index (κ1) is 23.1. The molecule has 0 saturated carbocycles. The molecule has 0 radical (unpaired) electrons. The van der Waals surface area contributed by atoms with Crippen LogP contribution in [0.25, 0.3) is 0 Å². The summed E-state index contributed by atoms with van der Waals surface area (Å²) < 4.78 is 5.20. The summed E-state index contributed by atoms with van der Waals surface area (Å²) in [5.41, 5.74) is 1.27. The number of ether oxygens (including phenoxy) is 1. The summed E-state index contributed by atoms with van der Waals surface area (Å²) in [6.45, 7) is 0.0841. The fourth-order valence-corrected chi connectivity index (χ4v) is 6.01. The molecule has 188 valence electrons. The van der Waals surface area contributed by atoms with Crippen molar-refractivity contribution >= 4 is 23.4 Å². The van der Waals surface area contributed by atoms with E-state index < -0.39 is 29.3 Å². The largest absolute Gasteiger partial charge is 0.504 e. The summed E-state index contributed by atoms with van der Waals surface area (Å²) >= 11 is 0. The molecular weight excluding hydrogens is 474 g/mol. The fourth-order valence-electron chi connectivity index (χ4n) is 6.01. The quantitative estimate of drug-likeness (QED) is 0.313. The topological polar surface area (TPSA) is 128 Å². The van der Waals surface area contributed by atoms with Gasteiger partial charge in [0.25, 0.3) is 0 Å². The fraction of sp³-hybridized carbons (Fsp3) is 0.250. The second-order valence-electron chi connectivity index (χ2n) is 9.70. The number of fused-ring (bicyclic) bond motifs is 4. The zero-order chi connectivity index (χ0) is 25.9. The first-order valence-corrected chi connectivity index (χ1v) is 12.0. The van der Waals surface area contributed by atoms with Crippen LogP contribution in [0.5, 0.6) is 17.2 Å². The Morgan fingerprint density at radius 1 is 0.919 bits per heavy atom. The van der Waals surface area contributed by atoms with Crippen LogP contribution in [-0.2, 0) is 32.9 Å². The maximum atomic E-state index is 13.9. The van der Waals surface area contributed by atoms with E-state index in [-0.39, 0.29) is 36.3 Å². The van der Waals surface area contributed by atoms with Gasteiger partial charge in [-0.2, -0.15) is 0 Å². The number of aromatic hydroxyl groups is 2. The highest BCUT2D eigenvalue weighted by Gasteiger charge is 2.70. The highest BCUT2D eigenvalue weighted by Crippen LogP contribution is 2.53. The number of likely N-dealkylation sites (tertiary alicyclic amines) is 1. The van der Waals surface area contributed by atoms with E-state index >= 15 is 0 Å². The first-order valence-electron chi connectivity index (χ1n) is 12.0. The first-order chi connectivity index (χ1) is 17.8. The van der Waals surface area contributed by atoms with Gasteiger partial charge in [0.05, 0.1) is 25.5 Å². The highest BCUT2D eigenvalue weighted by molar-refractivity contribution is 6.15. The number of amides is 3. The second kappa shape index (κ2) is 8.35. The molecule has 1 spiro atoms. The van der Waals surface area contributed by atoms with Crippen LogP contribution in [0.3, 0.4) is 0 Å². The van der Waals surface area contributed by atoms with Crippen molar-refractivity contribution in [1.29, 1.82) is 0 Å². The van der Waals surface area contributed by atoms with E-state index in [9.17, 15) is 24.6 Å². The molecule has 3 aromatic carbocycles. The third kappa shape index (κ3) is 3.38. The SMILES string of the molecule is COc1ccc(CN2C(=O)[C@@H]3C(Cc4ccc(O)c(O)c4)NC4(C(=O)Nc5ccccc54)[C@@H]3C2=O)cc1. The van der Waals surface area contributed by atoms with Crippen molar-refractivity contribution in [3.63, 3.8) is 0 Å². The Bertz CT molecular complexity index is 1440. The summed E-state index contributed by atoms with van der Waals surface area (Å²) in [4.78, 5) is 42.5. The molecular formula is C28H25N3O6. The van der Waals surface area contributed by atoms with Crippen molar-refractivity contribution in [2.45, 2.75) is 24.5 Å². The number of carbonyl (C=O) groups excluding carboxylic acids is 3. The van der Waals surface area contributed by atoms with Crippen LogP contribution in [-0.4, -0.2) is 46.0 Å². The number of para-hydroxylation sites is 1. The van der Waals surface area contributed by atoms with E-state index in [1.807, 2.05) is 0 Å². The van der Waals surface area contributed by atoms with Gasteiger partial charge < -0.3 is 20.3 Å². The van der Waals surface area contributed by atoms with Crippen LogP contribution >= 0.6 is 0 Å². The van der Waals surface area contributed by atoms with Crippen LogP contribution in [0.4, 0.5) is 5.69 Å². The lowest BCUT2D eigenvalue weighted by molar-refractivity contribution is -0.143. The Morgan fingerprint density at radius 2 is 1.65 bits per heavy atom. The highest BCUT2D eigenvalue weighted by atomic mass is 16.5. The van der Waals surface area contributed by atoms with Crippen molar-refractivity contribution in [2.75, 3.05) is 12.4 Å². The van der Waals surface area contributed by atoms with Gasteiger partial charge in [0, 0.05) is 17.3 Å². The number of anilines is 1. The predicted molar refractivity (Wildman–Crippen MR) is 133 cm³/mol. The van der Waals surface area contributed by atoms with Crippen molar-refractivity contribution in [2.24, 2.45) is 11.8 Å². The lowest BCUT2D eigenvalue weighted by Crippen LogP contribution is -2.53. The Morgan fingerprint density at radius 3 is 2.38 bits per heavy atom. The molecule has 3 aliphatic heterocycles. The van der Waals surface area contributed by atoms with Gasteiger partial charge in [0.2, 0.25) is 17.7 Å². The molecule has 3 heterocycles. The molecule has 6 rings (SSSR count). The van der Waals surface area contributed by atoms with Gasteiger partial charge in [-0.25, -0.2) is 0 Å². The molecule has 9 heteroatoms. The molecule has 37 heavy (non-hydrogen) atoms. The number of rotatable bonds is 5. The van der Waals surface area contributed by atoms with E-state index in [0.717, 1.165) is 5.56 Å². The third-order valence-electron chi connectivity index (χ3n) is 7.71. The predicted octanol–water partition coefficient (Wildman–Crippen LogP) is 2.27. The number of nitrogens with zero attached hydrogens (tertiary/aromatic N) is 1. The molecule has 2 saturated heterocycles. The van der Waals surface area contributed by atoms with Gasteiger partial charge in [0.15, 0.2) is 11.5 Å². The van der Waals surface area contributed by atoms with Crippen LogP contribution in [0.1, 0.15) is 16.7 Å². The minimum absolute atomic E-state index is 0.0841. The summed E-state index contributed by atoms with van der Waals surface area (Å²) in [6.07, 6.45) is 0.265. The maximum Gasteiger partial charge on any atom is 0.250 e. The van der Waals surface area contributed by atoms with Crippen molar-refractivity contribution < 1.29 is 29.3 Å². The average molecular weight is 500 g/mol. The van der Waals surface area contributed by atoms with E-state index in [2.05, 4.69) is 10.6 Å². The smallest absolute Gasteiger partial charge is 0.250 e. The number of benzene rings is 3. The van der Waals surface area contributed by atoms with Crippen molar-refractivity contribution in [3.8, 4) is 17.2 Å². The van der Waals surface area contributed by atoms with Crippen LogP contribution < -0.4 is 15.4 Å². The number of phenolic OH excluding ortho intramolecular Hbond substituents is 2. The summed E-state index contributed by atoms with van der Waals surface area (Å²) in [5.74, 6) is -2.70. The number of methoxy groups -OCH3 is 1. The van der Waals surface area contributed by atoms with Crippen molar-refractivity contribution in [3.05, 3.63) is 83.4 Å². The third-order valence-corrected chi connectivity index (χ3v) is 7.71. The molecule has 9 nitrogen and oxygen atoms in total. The Hall–Kier alpha value is -4.37. The second-order valence-corrected chi connectivity index (χ2v) is 9.70. The summed E-state index contributed by atoms with van der Waals surface area (Å²) in [5, 5.41) is 26.0. The van der Waals surface area contributed by atoms with Crippen molar-refractivity contribution in [1.82, 2.24) is 10.2 Å². The molecule has 4 N–H and O–H groups in total. The number of hydrogen-bond donors (Lipinski definition) is 4. The van der Waals surface area contributed by atoms with E-state index in [1.165, 1.54) is 17.0 Å². The van der Waals surface area contributed by atoms with Gasteiger partial charge in [-0.1, -0.05) is 36.4 Å². The molecule has 0 aromatic heterocycles. The Labute approximate surface area is 212 Å². The van der Waals surface area contributed by atoms with Crippen LogP contribution in [0.2, 0.25) is 0 Å². The van der Waals surface area contributed by atoms with Crippen LogP contribution in [0, 0.1) is 11.8 Å². The molecule has 0 bridgehead atoms. The Kier molecular flexibility index (Phi) is 5.20. The van der Waals surface area contributed by atoms with Gasteiger partial charge in [-0.15, -0.1) is 0 Å². The molecule has 0 aliphatic carbocycles. The van der Waals surface area contributed by atoms with Gasteiger partial charge in [-0.05, 0) is 47.9 Å². The Balaban J connectivity index is 1.41. The summed E-state index contributed by atoms with van der Waals surface area (Å²) in [6, 6.07) is 18.2. The summed E-state index contributed by atoms with van der Waals surface area (Å²) in [7, 11) is 1.56. The molecule has 4 atom stereocenters. The monoisotopic (exact) mass is 499 g/mol. The number of nitrogens with one attached hydrogen (secondary N) is 2. The maximum absolute atomic E-state index is 13.9. The zero-order valence-corrected chi connectivity index (χ0v) is 20.0. The lowest BCUT2D eigenvalue weighted by Gasteiger charge is -2.29. The van der Waals surface area contributed by atoms with E-state index in [4.69, 9.17) is 4.74 Å². The van der Waals surface area contributed by atoms with Gasteiger partial charge in [-0.3, -0.25) is 24.6 Å². The standard InChI is InChI=1S/C28H25N3O6/c1-37-17-9-6-15(7-10-17)14-31-25(34)23-20(12-16-8-11-21(32)22(33)13-16)30-28(24(23)26(31)35)18-4-2-3-5-19(18)29-27(28)36/h2-11,13,20,23-24,30,32-33H,12,14H2,1H3,(H,29,36)/t20?,23-,24+,28?/m1/s1. The van der Waals surface area contributed by atoms with Gasteiger partial charge in [0.1, 0.15) is 11.3 Å². The minimum Gasteiger partial charge on any atom is -0.504 e. The zero-order valence-electron chi connectivity index (χ0n) is 20.0. The molecule has 3 aromatic rings. The normalized spacial score (nSPS) is 25.9. The van der Waals surface area contributed by atoms with Gasteiger partial charge >= 0.3 is 0 Å². The number of phenols is 2. The molecule has 2 fully saturated rings. The molecule has 3 aliphatic rings. The lowest BCUT2D eigenvalue weighted by atomic mass is 9.76. The molecule has 3 amide bonds. The average Bonchev–Trinajstić information content (AvgIpc) is 3.47. The molecule has 2 unspecified atom stereocenters. The van der Waals surface area contributed by atoms with E-state index in [1.54, 1.807) is 61.7 Å². The number of hydrogen-bond acceptors (Lipinski definition) is 7.